The zero-order valence-electron chi connectivity index (χ0n) is 6.80. The van der Waals surface area contributed by atoms with Gasteiger partial charge in [-0.25, -0.2) is 4.39 Å². The van der Waals surface area contributed by atoms with Crippen molar-refractivity contribution in [3.63, 3.8) is 0 Å². The van der Waals surface area contributed by atoms with Gasteiger partial charge in [-0.1, -0.05) is 6.07 Å². The Kier molecular flexibility index (Phi) is 1.54. The fourth-order valence-corrected chi connectivity index (χ4v) is 1.48. The van der Waals surface area contributed by atoms with Crippen LogP contribution in [0.2, 0.25) is 0 Å². The van der Waals surface area contributed by atoms with Crippen LogP contribution in [-0.4, -0.2) is 6.61 Å². The van der Waals surface area contributed by atoms with E-state index in [2.05, 4.69) is 0 Å². The summed E-state index contributed by atoms with van der Waals surface area (Å²) in [6, 6.07) is 2.83. The molecule has 1 aliphatic heterocycles. The molecule has 2 nitrogen and oxygen atoms in total. The molecule has 0 spiro atoms. The van der Waals surface area contributed by atoms with Gasteiger partial charge in [0.05, 0.1) is 11.6 Å². The summed E-state index contributed by atoms with van der Waals surface area (Å²) in [5.74, 6) is 0.364. The first kappa shape index (κ1) is 7.55. The van der Waals surface area contributed by atoms with Crippen LogP contribution in [0, 0.1) is 12.7 Å². The molecule has 1 aliphatic rings. The van der Waals surface area contributed by atoms with Crippen LogP contribution in [0.3, 0.4) is 0 Å². The molecule has 1 aromatic rings. The maximum Gasteiger partial charge on any atom is 0.131 e. The van der Waals surface area contributed by atoms with Crippen LogP contribution < -0.4 is 10.5 Å². The molecule has 1 aromatic carbocycles. The van der Waals surface area contributed by atoms with Crippen molar-refractivity contribution in [2.75, 3.05) is 6.61 Å². The molecule has 3 heteroatoms. The van der Waals surface area contributed by atoms with E-state index in [1.165, 1.54) is 6.07 Å². The highest BCUT2D eigenvalue weighted by atomic mass is 19.1. The average molecular weight is 167 g/mol. The van der Waals surface area contributed by atoms with Gasteiger partial charge in [-0.3, -0.25) is 0 Å². The van der Waals surface area contributed by atoms with Gasteiger partial charge in [-0.05, 0) is 18.6 Å². The van der Waals surface area contributed by atoms with Gasteiger partial charge in [0.1, 0.15) is 18.2 Å². The van der Waals surface area contributed by atoms with E-state index < -0.39 is 0 Å². The van der Waals surface area contributed by atoms with Crippen molar-refractivity contribution in [1.29, 1.82) is 0 Å². The van der Waals surface area contributed by atoms with Crippen molar-refractivity contribution in [3.05, 3.63) is 29.1 Å². The van der Waals surface area contributed by atoms with E-state index in [1.807, 2.05) is 6.92 Å². The first-order valence-electron chi connectivity index (χ1n) is 3.87. The highest BCUT2D eigenvalue weighted by Gasteiger charge is 2.25. The monoisotopic (exact) mass is 167 g/mol. The van der Waals surface area contributed by atoms with Crippen molar-refractivity contribution in [2.24, 2.45) is 5.73 Å². The van der Waals surface area contributed by atoms with E-state index >= 15 is 0 Å². The van der Waals surface area contributed by atoms with Crippen LogP contribution in [0.25, 0.3) is 0 Å². The summed E-state index contributed by atoms with van der Waals surface area (Å²) >= 11 is 0. The van der Waals surface area contributed by atoms with Crippen molar-refractivity contribution < 1.29 is 9.13 Å². The highest BCUT2D eigenvalue weighted by Crippen LogP contribution is 2.35. The third kappa shape index (κ3) is 0.898. The van der Waals surface area contributed by atoms with Gasteiger partial charge in [-0.2, -0.15) is 0 Å². The summed E-state index contributed by atoms with van der Waals surface area (Å²) in [5, 5.41) is 0. The standard InChI is InChI=1S/C9H10FNO/c1-5-2-3-6(10)8-7(11)4-12-9(5)8/h2-3,7H,4,11H2,1H3. The van der Waals surface area contributed by atoms with E-state index in [0.717, 1.165) is 5.56 Å². The highest BCUT2D eigenvalue weighted by molar-refractivity contribution is 5.46. The second-order valence-corrected chi connectivity index (χ2v) is 3.02. The number of ether oxygens (including phenoxy) is 1. The van der Waals surface area contributed by atoms with Crippen LogP contribution in [0.5, 0.6) is 5.75 Å². The van der Waals surface area contributed by atoms with E-state index in [4.69, 9.17) is 10.5 Å². The number of aryl methyl sites for hydroxylation is 1. The quantitative estimate of drug-likeness (QED) is 0.636. The Balaban J connectivity index is 2.64. The maximum absolute atomic E-state index is 13.2. The minimum absolute atomic E-state index is 0.263. The Labute approximate surface area is 70.1 Å². The Hall–Kier alpha value is -1.09. The molecule has 0 saturated heterocycles. The average Bonchev–Trinajstić information content (AvgIpc) is 2.42. The molecule has 1 heterocycles. The molecule has 0 radical (unpaired) electrons. The van der Waals surface area contributed by atoms with Crippen LogP contribution in [0.4, 0.5) is 4.39 Å². The summed E-state index contributed by atoms with van der Waals surface area (Å²) in [5.41, 5.74) is 7.12. The lowest BCUT2D eigenvalue weighted by molar-refractivity contribution is 0.331. The van der Waals surface area contributed by atoms with Gasteiger partial charge in [0.15, 0.2) is 0 Å². The minimum atomic E-state index is -0.306. The zero-order chi connectivity index (χ0) is 8.72. The van der Waals surface area contributed by atoms with Crippen LogP contribution >= 0.6 is 0 Å². The zero-order valence-corrected chi connectivity index (χ0v) is 6.80. The molecule has 0 aliphatic carbocycles. The third-order valence-corrected chi connectivity index (χ3v) is 2.12. The largest absolute Gasteiger partial charge is 0.491 e. The van der Waals surface area contributed by atoms with Gasteiger partial charge >= 0.3 is 0 Å². The van der Waals surface area contributed by atoms with E-state index in [-0.39, 0.29) is 11.9 Å². The van der Waals surface area contributed by atoms with Crippen molar-refractivity contribution in [2.45, 2.75) is 13.0 Å². The Morgan fingerprint density at radius 3 is 3.00 bits per heavy atom. The summed E-state index contributed by atoms with van der Waals surface area (Å²) < 4.78 is 18.4. The Morgan fingerprint density at radius 1 is 1.58 bits per heavy atom. The number of nitrogens with two attached hydrogens (primary N) is 1. The Bertz CT molecular complexity index is 325. The lowest BCUT2D eigenvalue weighted by atomic mass is 10.1. The Morgan fingerprint density at radius 2 is 2.33 bits per heavy atom. The van der Waals surface area contributed by atoms with E-state index in [0.29, 0.717) is 17.9 Å². The van der Waals surface area contributed by atoms with Gasteiger partial charge < -0.3 is 10.5 Å². The molecule has 12 heavy (non-hydrogen) atoms. The SMILES string of the molecule is Cc1ccc(F)c2c1OCC2N. The second kappa shape index (κ2) is 2.45. The summed E-state index contributed by atoms with van der Waals surface area (Å²) in [4.78, 5) is 0. The minimum Gasteiger partial charge on any atom is -0.491 e. The third-order valence-electron chi connectivity index (χ3n) is 2.12. The molecule has 1 atom stereocenters. The molecule has 0 amide bonds. The predicted octanol–water partition coefficient (Wildman–Crippen LogP) is 1.53. The smallest absolute Gasteiger partial charge is 0.131 e. The van der Waals surface area contributed by atoms with E-state index in [9.17, 15) is 4.39 Å². The van der Waals surface area contributed by atoms with Crippen LogP contribution in [0.1, 0.15) is 17.2 Å². The number of hydrogen-bond acceptors (Lipinski definition) is 2. The fourth-order valence-electron chi connectivity index (χ4n) is 1.48. The molecule has 2 N–H and O–H groups in total. The molecule has 0 bridgehead atoms. The van der Waals surface area contributed by atoms with Gasteiger partial charge in [-0.15, -0.1) is 0 Å². The predicted molar refractivity (Wildman–Crippen MR) is 43.6 cm³/mol. The molecule has 0 fully saturated rings. The number of halogens is 1. The van der Waals surface area contributed by atoms with Crippen molar-refractivity contribution in [3.8, 4) is 5.75 Å². The van der Waals surface area contributed by atoms with Crippen LogP contribution in [-0.2, 0) is 0 Å². The summed E-state index contributed by atoms with van der Waals surface area (Å²) in [6.07, 6.45) is 0. The lowest BCUT2D eigenvalue weighted by Gasteiger charge is -2.04. The first-order valence-corrected chi connectivity index (χ1v) is 3.87. The molecular weight excluding hydrogens is 157 g/mol. The molecular formula is C9H10FNO. The van der Waals surface area contributed by atoms with Crippen molar-refractivity contribution in [1.82, 2.24) is 0 Å². The maximum atomic E-state index is 13.2. The second-order valence-electron chi connectivity index (χ2n) is 3.02. The fraction of sp³-hybridized carbons (Fsp3) is 0.333. The van der Waals surface area contributed by atoms with Crippen LogP contribution in [0.15, 0.2) is 12.1 Å². The topological polar surface area (TPSA) is 35.2 Å². The number of fused-ring (bicyclic) bond motifs is 1. The number of benzene rings is 1. The summed E-state index contributed by atoms with van der Waals surface area (Å²) in [6.45, 7) is 2.27. The molecule has 1 unspecified atom stereocenters. The molecule has 64 valence electrons. The van der Waals surface area contributed by atoms with Gasteiger partial charge in [0, 0.05) is 0 Å². The van der Waals surface area contributed by atoms with Gasteiger partial charge in [0.2, 0.25) is 0 Å². The molecule has 0 saturated carbocycles. The number of hydrogen-bond donors (Lipinski definition) is 1. The van der Waals surface area contributed by atoms with Gasteiger partial charge in [0.25, 0.3) is 0 Å². The summed E-state index contributed by atoms with van der Waals surface area (Å²) in [7, 11) is 0. The lowest BCUT2D eigenvalue weighted by Crippen LogP contribution is -2.11. The molecule has 0 aromatic heterocycles. The number of rotatable bonds is 0. The van der Waals surface area contributed by atoms with E-state index in [1.54, 1.807) is 6.07 Å². The first-order chi connectivity index (χ1) is 5.70. The normalized spacial score (nSPS) is 20.4. The van der Waals surface area contributed by atoms with Crippen molar-refractivity contribution >= 4 is 0 Å². The molecule has 2 rings (SSSR count).